The van der Waals surface area contributed by atoms with Crippen LogP contribution < -0.4 is 24.8 Å². The zero-order valence-electron chi connectivity index (χ0n) is 17.5. The van der Waals surface area contributed by atoms with Gasteiger partial charge in [-0.15, -0.1) is 0 Å². The average Bonchev–Trinajstić information content (AvgIpc) is 2.66. The molecule has 0 bridgehead atoms. The van der Waals surface area contributed by atoms with Crippen molar-refractivity contribution >= 4 is 11.7 Å². The maximum absolute atomic E-state index is 12.3. The van der Waals surface area contributed by atoms with Gasteiger partial charge in [-0.1, -0.05) is 39.0 Å². The minimum atomic E-state index is -0.232. The minimum Gasteiger partial charge on any atom is -0.493 e. The van der Waals surface area contributed by atoms with Crippen LogP contribution in [0.2, 0.25) is 0 Å². The van der Waals surface area contributed by atoms with E-state index in [4.69, 9.17) is 14.2 Å². The second-order valence-electron chi connectivity index (χ2n) is 7.46. The van der Waals surface area contributed by atoms with Crippen LogP contribution in [0.15, 0.2) is 36.4 Å². The zero-order valence-corrected chi connectivity index (χ0v) is 17.5. The average molecular weight is 386 g/mol. The lowest BCUT2D eigenvalue weighted by Crippen LogP contribution is -2.31. The molecule has 0 heterocycles. The van der Waals surface area contributed by atoms with E-state index in [1.807, 2.05) is 36.4 Å². The molecule has 28 heavy (non-hydrogen) atoms. The quantitative estimate of drug-likeness (QED) is 0.741. The number of amides is 2. The van der Waals surface area contributed by atoms with E-state index in [0.717, 1.165) is 16.8 Å². The fraction of sp³-hybridized carbons (Fsp3) is 0.409. The monoisotopic (exact) mass is 386 g/mol. The Kier molecular flexibility index (Phi) is 7.15. The second-order valence-corrected chi connectivity index (χ2v) is 7.46. The Bertz CT molecular complexity index is 787. The predicted molar refractivity (Wildman–Crippen MR) is 112 cm³/mol. The molecule has 2 aromatic carbocycles. The van der Waals surface area contributed by atoms with Crippen LogP contribution in [0.1, 0.15) is 31.9 Å². The highest BCUT2D eigenvalue weighted by atomic mass is 16.5. The topological polar surface area (TPSA) is 68.8 Å². The Morgan fingerprint density at radius 2 is 1.57 bits per heavy atom. The molecule has 0 atom stereocenters. The molecule has 6 nitrogen and oxygen atoms in total. The normalized spacial score (nSPS) is 10.9. The third-order valence-electron chi connectivity index (χ3n) is 4.41. The lowest BCUT2D eigenvalue weighted by molar-refractivity contribution is 0.252. The molecule has 0 spiro atoms. The van der Waals surface area contributed by atoms with Gasteiger partial charge >= 0.3 is 6.03 Å². The van der Waals surface area contributed by atoms with Crippen LogP contribution in [-0.4, -0.2) is 33.9 Å². The number of carbonyl (C=O) groups is 1. The van der Waals surface area contributed by atoms with Gasteiger partial charge in [-0.3, -0.25) is 0 Å². The Morgan fingerprint density at radius 3 is 2.11 bits per heavy atom. The van der Waals surface area contributed by atoms with Gasteiger partial charge in [0.1, 0.15) is 0 Å². The van der Waals surface area contributed by atoms with E-state index in [0.29, 0.717) is 30.2 Å². The van der Waals surface area contributed by atoms with Crippen LogP contribution in [0, 0.1) is 0 Å². The van der Waals surface area contributed by atoms with Crippen molar-refractivity contribution in [3.8, 4) is 17.2 Å². The first kappa shape index (κ1) is 21.4. The van der Waals surface area contributed by atoms with Crippen LogP contribution in [0.4, 0.5) is 10.5 Å². The summed E-state index contributed by atoms with van der Waals surface area (Å²) in [5, 5.41) is 5.85. The number of rotatable bonds is 7. The van der Waals surface area contributed by atoms with E-state index in [1.54, 1.807) is 21.3 Å². The summed E-state index contributed by atoms with van der Waals surface area (Å²) in [7, 11) is 4.74. The van der Waals surface area contributed by atoms with Crippen molar-refractivity contribution in [1.82, 2.24) is 5.32 Å². The van der Waals surface area contributed by atoms with Crippen LogP contribution in [-0.2, 0) is 11.8 Å². The summed E-state index contributed by atoms with van der Waals surface area (Å²) in [5.41, 5.74) is 2.83. The SMILES string of the molecule is COc1cc(CCNC(=O)Nc2ccccc2C(C)(C)C)cc(OC)c1OC. The minimum absolute atomic E-state index is 0.0555. The number of hydrogen-bond donors (Lipinski definition) is 2. The fourth-order valence-corrected chi connectivity index (χ4v) is 3.01. The van der Waals surface area contributed by atoms with Crippen molar-refractivity contribution in [3.05, 3.63) is 47.5 Å². The number of urea groups is 1. The number of ether oxygens (including phenoxy) is 3. The largest absolute Gasteiger partial charge is 0.493 e. The number of hydrogen-bond acceptors (Lipinski definition) is 4. The van der Waals surface area contributed by atoms with Crippen molar-refractivity contribution in [2.24, 2.45) is 0 Å². The standard InChI is InChI=1S/C22H30N2O4/c1-22(2,3)16-9-7-8-10-17(16)24-21(25)23-12-11-15-13-18(26-4)20(28-6)19(14-15)27-5/h7-10,13-14H,11-12H2,1-6H3,(H2,23,24,25). The molecule has 0 fully saturated rings. The predicted octanol–water partition coefficient (Wildman–Crippen LogP) is 4.37. The van der Waals surface area contributed by atoms with Gasteiger partial charge in [-0.2, -0.15) is 0 Å². The van der Waals surface area contributed by atoms with Crippen molar-refractivity contribution in [2.45, 2.75) is 32.6 Å². The Hall–Kier alpha value is -2.89. The molecule has 0 aliphatic rings. The molecule has 0 saturated carbocycles. The van der Waals surface area contributed by atoms with Crippen molar-refractivity contribution in [1.29, 1.82) is 0 Å². The molecule has 0 aliphatic carbocycles. The number of benzene rings is 2. The first-order valence-corrected chi connectivity index (χ1v) is 9.23. The molecule has 2 rings (SSSR count). The van der Waals surface area contributed by atoms with Crippen LogP contribution in [0.3, 0.4) is 0 Å². The number of methoxy groups -OCH3 is 3. The van der Waals surface area contributed by atoms with Crippen molar-refractivity contribution in [2.75, 3.05) is 33.2 Å². The van der Waals surface area contributed by atoms with Gasteiger partial charge in [-0.05, 0) is 41.2 Å². The summed E-state index contributed by atoms with van der Waals surface area (Å²) in [6.45, 7) is 6.84. The van der Waals surface area contributed by atoms with Crippen molar-refractivity contribution in [3.63, 3.8) is 0 Å². The molecule has 6 heteroatoms. The molecule has 2 amide bonds. The molecule has 152 valence electrons. The molecule has 0 saturated heterocycles. The second kappa shape index (κ2) is 9.35. The summed E-state index contributed by atoms with van der Waals surface area (Å²) < 4.78 is 16.1. The summed E-state index contributed by atoms with van der Waals surface area (Å²) in [4.78, 5) is 12.3. The molecular weight excluding hydrogens is 356 g/mol. The van der Waals surface area contributed by atoms with Crippen LogP contribution >= 0.6 is 0 Å². The summed E-state index contributed by atoms with van der Waals surface area (Å²) in [6, 6.07) is 11.4. The lowest BCUT2D eigenvalue weighted by Gasteiger charge is -2.23. The van der Waals surface area contributed by atoms with E-state index < -0.39 is 0 Å². The summed E-state index contributed by atoms with van der Waals surface area (Å²) in [6.07, 6.45) is 0.630. The van der Waals surface area contributed by atoms with Gasteiger partial charge in [0.2, 0.25) is 5.75 Å². The highest BCUT2D eigenvalue weighted by Crippen LogP contribution is 2.38. The van der Waals surface area contributed by atoms with Gasteiger partial charge in [0.15, 0.2) is 11.5 Å². The molecular formula is C22H30N2O4. The van der Waals surface area contributed by atoms with Crippen LogP contribution in [0.5, 0.6) is 17.2 Å². The highest BCUT2D eigenvalue weighted by molar-refractivity contribution is 5.90. The molecule has 0 aliphatic heterocycles. The zero-order chi connectivity index (χ0) is 20.7. The van der Waals surface area contributed by atoms with Gasteiger partial charge in [0.25, 0.3) is 0 Å². The van der Waals surface area contributed by atoms with Gasteiger partial charge < -0.3 is 24.8 Å². The Labute approximate surface area is 167 Å². The third kappa shape index (κ3) is 5.31. The molecule has 0 radical (unpaired) electrons. The maximum Gasteiger partial charge on any atom is 0.319 e. The number of carbonyl (C=O) groups excluding carboxylic acids is 1. The number of anilines is 1. The molecule has 2 aromatic rings. The summed E-state index contributed by atoms with van der Waals surface area (Å²) >= 11 is 0. The van der Waals surface area contributed by atoms with E-state index >= 15 is 0 Å². The Morgan fingerprint density at radius 1 is 0.964 bits per heavy atom. The number of para-hydroxylation sites is 1. The third-order valence-corrected chi connectivity index (χ3v) is 4.41. The van der Waals surface area contributed by atoms with Gasteiger partial charge in [0, 0.05) is 12.2 Å². The smallest absolute Gasteiger partial charge is 0.319 e. The van der Waals surface area contributed by atoms with E-state index in [-0.39, 0.29) is 11.4 Å². The molecule has 0 unspecified atom stereocenters. The first-order chi connectivity index (χ1) is 13.3. The van der Waals surface area contributed by atoms with E-state index in [9.17, 15) is 4.79 Å². The van der Waals surface area contributed by atoms with E-state index in [2.05, 4.69) is 31.4 Å². The first-order valence-electron chi connectivity index (χ1n) is 9.23. The van der Waals surface area contributed by atoms with Crippen molar-refractivity contribution < 1.29 is 19.0 Å². The Balaban J connectivity index is 2.00. The lowest BCUT2D eigenvalue weighted by atomic mass is 9.86. The molecule has 2 N–H and O–H groups in total. The summed E-state index contributed by atoms with van der Waals surface area (Å²) in [5.74, 6) is 1.75. The maximum atomic E-state index is 12.3. The van der Waals surface area contributed by atoms with Gasteiger partial charge in [0.05, 0.1) is 21.3 Å². The van der Waals surface area contributed by atoms with Gasteiger partial charge in [-0.25, -0.2) is 4.79 Å². The van der Waals surface area contributed by atoms with Crippen LogP contribution in [0.25, 0.3) is 0 Å². The number of nitrogens with one attached hydrogen (secondary N) is 2. The fourth-order valence-electron chi connectivity index (χ4n) is 3.01. The highest BCUT2D eigenvalue weighted by Gasteiger charge is 2.18. The molecule has 0 aromatic heterocycles. The van der Waals surface area contributed by atoms with E-state index in [1.165, 1.54) is 0 Å².